The third kappa shape index (κ3) is 2.70. The summed E-state index contributed by atoms with van der Waals surface area (Å²) in [5, 5.41) is 0. The Balaban J connectivity index is 1.67. The van der Waals surface area contributed by atoms with E-state index in [1.807, 2.05) is 6.07 Å². The predicted molar refractivity (Wildman–Crippen MR) is 86.1 cm³/mol. The molecule has 0 unspecified atom stereocenters. The number of rotatable bonds is 3. The standard InChI is InChI=1S/C17H24N2O2S/c1-12-3-2-6-19(10-12)11-13-7-15(14-4-5-14)16-9-18-22(20,21)17(16)8-13/h7-8,12,14,18H,2-6,9-11H2,1H3/t12-/m0/s1. The van der Waals surface area contributed by atoms with Gasteiger partial charge in [0.1, 0.15) is 0 Å². The predicted octanol–water partition coefficient (Wildman–Crippen LogP) is 2.59. The zero-order chi connectivity index (χ0) is 15.3. The Bertz CT molecular complexity index is 695. The molecule has 2 heterocycles. The van der Waals surface area contributed by atoms with Crippen LogP contribution < -0.4 is 4.72 Å². The number of hydrogen-bond donors (Lipinski definition) is 1. The Morgan fingerprint density at radius 2 is 2.09 bits per heavy atom. The quantitative estimate of drug-likeness (QED) is 0.931. The number of likely N-dealkylation sites (tertiary alicyclic amines) is 1. The highest BCUT2D eigenvalue weighted by molar-refractivity contribution is 7.89. The molecule has 1 saturated heterocycles. The van der Waals surface area contributed by atoms with Gasteiger partial charge < -0.3 is 0 Å². The van der Waals surface area contributed by atoms with Gasteiger partial charge in [0.2, 0.25) is 10.0 Å². The Morgan fingerprint density at radius 3 is 2.82 bits per heavy atom. The molecule has 4 nitrogen and oxygen atoms in total. The summed E-state index contributed by atoms with van der Waals surface area (Å²) >= 11 is 0. The highest BCUT2D eigenvalue weighted by atomic mass is 32.2. The molecule has 0 amide bonds. The molecule has 1 aromatic rings. The van der Waals surface area contributed by atoms with Crippen LogP contribution in [0, 0.1) is 5.92 Å². The molecule has 0 spiro atoms. The van der Waals surface area contributed by atoms with Crippen LogP contribution in [-0.4, -0.2) is 26.4 Å². The molecule has 5 heteroatoms. The van der Waals surface area contributed by atoms with Crippen molar-refractivity contribution in [1.82, 2.24) is 9.62 Å². The lowest BCUT2D eigenvalue weighted by atomic mass is 9.97. The number of piperidine rings is 1. The molecule has 120 valence electrons. The summed E-state index contributed by atoms with van der Waals surface area (Å²) in [5.74, 6) is 1.33. The van der Waals surface area contributed by atoms with Gasteiger partial charge in [-0.05, 0) is 66.8 Å². The first-order valence-electron chi connectivity index (χ1n) is 8.40. The fourth-order valence-electron chi connectivity index (χ4n) is 3.94. The molecule has 0 bridgehead atoms. The minimum atomic E-state index is -3.28. The van der Waals surface area contributed by atoms with Gasteiger partial charge in [0.05, 0.1) is 4.90 Å². The molecule has 1 N–H and O–H groups in total. The fraction of sp³-hybridized carbons (Fsp3) is 0.647. The summed E-state index contributed by atoms with van der Waals surface area (Å²) in [4.78, 5) is 3.01. The molecule has 1 aromatic carbocycles. The van der Waals surface area contributed by atoms with Gasteiger partial charge in [-0.1, -0.05) is 13.0 Å². The van der Waals surface area contributed by atoms with E-state index in [9.17, 15) is 8.42 Å². The Kier molecular flexibility index (Phi) is 3.55. The first-order valence-corrected chi connectivity index (χ1v) is 9.89. The summed E-state index contributed by atoms with van der Waals surface area (Å²) in [6.45, 7) is 5.92. The van der Waals surface area contributed by atoms with Crippen molar-refractivity contribution < 1.29 is 8.42 Å². The SMILES string of the molecule is C[C@H]1CCCN(Cc2cc(C3CC3)c3c(c2)S(=O)(=O)NC3)C1. The van der Waals surface area contributed by atoms with E-state index in [0.29, 0.717) is 17.4 Å². The maximum Gasteiger partial charge on any atom is 0.241 e. The maximum atomic E-state index is 12.2. The van der Waals surface area contributed by atoms with Gasteiger partial charge >= 0.3 is 0 Å². The van der Waals surface area contributed by atoms with Gasteiger partial charge in [-0.3, -0.25) is 4.90 Å². The average molecular weight is 320 g/mol. The number of nitrogens with zero attached hydrogens (tertiary/aromatic N) is 1. The van der Waals surface area contributed by atoms with Crippen molar-refractivity contribution in [2.75, 3.05) is 13.1 Å². The number of sulfonamides is 1. The highest BCUT2D eigenvalue weighted by Gasteiger charge is 2.34. The fourth-order valence-corrected chi connectivity index (χ4v) is 5.25. The average Bonchev–Trinajstić information content (AvgIpc) is 3.25. The number of benzene rings is 1. The van der Waals surface area contributed by atoms with Crippen LogP contribution in [0.25, 0.3) is 0 Å². The molecule has 1 aliphatic carbocycles. The number of nitrogens with one attached hydrogen (secondary N) is 1. The Hall–Kier alpha value is -0.910. The Morgan fingerprint density at radius 1 is 1.27 bits per heavy atom. The van der Waals surface area contributed by atoms with Crippen molar-refractivity contribution >= 4 is 10.0 Å². The lowest BCUT2D eigenvalue weighted by Crippen LogP contribution is -2.33. The van der Waals surface area contributed by atoms with E-state index < -0.39 is 10.0 Å². The van der Waals surface area contributed by atoms with E-state index in [4.69, 9.17) is 0 Å². The molecular formula is C17H24N2O2S. The van der Waals surface area contributed by atoms with Crippen molar-refractivity contribution in [3.63, 3.8) is 0 Å². The van der Waals surface area contributed by atoms with Crippen LogP contribution >= 0.6 is 0 Å². The molecule has 3 aliphatic rings. The zero-order valence-corrected chi connectivity index (χ0v) is 14.0. The summed E-state index contributed by atoms with van der Waals surface area (Å²) in [6, 6.07) is 4.19. The number of fused-ring (bicyclic) bond motifs is 1. The van der Waals surface area contributed by atoms with E-state index in [0.717, 1.165) is 31.1 Å². The van der Waals surface area contributed by atoms with Crippen LogP contribution in [0.4, 0.5) is 0 Å². The van der Waals surface area contributed by atoms with E-state index >= 15 is 0 Å². The second-order valence-electron chi connectivity index (χ2n) is 7.24. The van der Waals surface area contributed by atoms with Crippen molar-refractivity contribution in [2.24, 2.45) is 5.92 Å². The number of hydrogen-bond acceptors (Lipinski definition) is 3. The maximum absolute atomic E-state index is 12.2. The first-order chi connectivity index (χ1) is 10.5. The largest absolute Gasteiger partial charge is 0.299 e. The van der Waals surface area contributed by atoms with E-state index in [1.54, 1.807) is 0 Å². The molecule has 22 heavy (non-hydrogen) atoms. The van der Waals surface area contributed by atoms with Crippen LogP contribution in [0.1, 0.15) is 55.2 Å². The zero-order valence-electron chi connectivity index (χ0n) is 13.1. The molecule has 2 fully saturated rings. The first kappa shape index (κ1) is 14.7. The van der Waals surface area contributed by atoms with Gasteiger partial charge in [0, 0.05) is 19.6 Å². The highest BCUT2D eigenvalue weighted by Crippen LogP contribution is 2.44. The molecular weight excluding hydrogens is 296 g/mol. The normalized spacial score (nSPS) is 27.8. The summed E-state index contributed by atoms with van der Waals surface area (Å²) in [5.41, 5.74) is 3.48. The third-order valence-electron chi connectivity index (χ3n) is 5.20. The molecule has 0 radical (unpaired) electrons. The van der Waals surface area contributed by atoms with Gasteiger partial charge in [0.15, 0.2) is 0 Å². The summed E-state index contributed by atoms with van der Waals surface area (Å²) < 4.78 is 27.1. The van der Waals surface area contributed by atoms with Gasteiger partial charge in [-0.25, -0.2) is 13.1 Å². The monoisotopic (exact) mass is 320 g/mol. The van der Waals surface area contributed by atoms with Crippen molar-refractivity contribution in [3.8, 4) is 0 Å². The van der Waals surface area contributed by atoms with Gasteiger partial charge in [-0.2, -0.15) is 0 Å². The topological polar surface area (TPSA) is 49.4 Å². The smallest absolute Gasteiger partial charge is 0.241 e. The molecule has 2 aliphatic heterocycles. The molecule has 0 aromatic heterocycles. The van der Waals surface area contributed by atoms with Crippen molar-refractivity contribution in [1.29, 1.82) is 0 Å². The van der Waals surface area contributed by atoms with Gasteiger partial charge in [0.25, 0.3) is 0 Å². The van der Waals surface area contributed by atoms with E-state index in [1.165, 1.54) is 36.8 Å². The van der Waals surface area contributed by atoms with Crippen LogP contribution in [0.15, 0.2) is 17.0 Å². The minimum absolute atomic E-state index is 0.477. The van der Waals surface area contributed by atoms with Crippen LogP contribution in [0.3, 0.4) is 0 Å². The minimum Gasteiger partial charge on any atom is -0.299 e. The van der Waals surface area contributed by atoms with Crippen LogP contribution in [-0.2, 0) is 23.1 Å². The molecule has 4 rings (SSSR count). The summed E-state index contributed by atoms with van der Waals surface area (Å²) in [6.07, 6.45) is 4.97. The van der Waals surface area contributed by atoms with Crippen molar-refractivity contribution in [3.05, 3.63) is 28.8 Å². The Labute approximate surface area is 132 Å². The van der Waals surface area contributed by atoms with E-state index in [-0.39, 0.29) is 0 Å². The molecule has 1 atom stereocenters. The summed E-state index contributed by atoms with van der Waals surface area (Å²) in [7, 11) is -3.28. The third-order valence-corrected chi connectivity index (χ3v) is 6.66. The molecule has 1 saturated carbocycles. The second-order valence-corrected chi connectivity index (χ2v) is 8.98. The van der Waals surface area contributed by atoms with Crippen LogP contribution in [0.2, 0.25) is 0 Å². The van der Waals surface area contributed by atoms with Crippen molar-refractivity contribution in [2.45, 2.75) is 56.5 Å². The second kappa shape index (κ2) is 5.32. The van der Waals surface area contributed by atoms with Gasteiger partial charge in [-0.15, -0.1) is 0 Å². The van der Waals surface area contributed by atoms with Crippen LogP contribution in [0.5, 0.6) is 0 Å². The lowest BCUT2D eigenvalue weighted by Gasteiger charge is -2.31. The lowest BCUT2D eigenvalue weighted by molar-refractivity contribution is 0.176. The van der Waals surface area contributed by atoms with E-state index in [2.05, 4.69) is 22.6 Å².